The van der Waals surface area contributed by atoms with Crippen LogP contribution in [0.3, 0.4) is 0 Å². The van der Waals surface area contributed by atoms with Crippen molar-refractivity contribution in [1.82, 2.24) is 24.3 Å². The highest BCUT2D eigenvalue weighted by Crippen LogP contribution is 2.21. The van der Waals surface area contributed by atoms with Crippen molar-refractivity contribution in [2.24, 2.45) is 5.73 Å². The molecule has 3 aromatic heterocycles. The molecule has 3 N–H and O–H groups in total. The second kappa shape index (κ2) is 7.55. The fourth-order valence-corrected chi connectivity index (χ4v) is 2.92. The van der Waals surface area contributed by atoms with Crippen LogP contribution in [0.5, 0.6) is 0 Å². The maximum Gasteiger partial charge on any atom is 0.250 e. The molecule has 0 unspecified atom stereocenters. The molecule has 0 bridgehead atoms. The number of hydrogen-bond donors (Lipinski definition) is 2. The van der Waals surface area contributed by atoms with Crippen molar-refractivity contribution >= 4 is 23.3 Å². The van der Waals surface area contributed by atoms with E-state index in [9.17, 15) is 4.79 Å². The third-order valence-corrected chi connectivity index (χ3v) is 4.35. The van der Waals surface area contributed by atoms with E-state index in [1.54, 1.807) is 33.8 Å². The summed E-state index contributed by atoms with van der Waals surface area (Å²) in [5.74, 6) is 1.30. The number of carbonyl (C=O) groups is 1. The number of primary amides is 1. The summed E-state index contributed by atoms with van der Waals surface area (Å²) < 4.78 is 1.75. The average molecular weight is 388 g/mol. The van der Waals surface area contributed by atoms with Gasteiger partial charge in [-0.15, -0.1) is 0 Å². The predicted octanol–water partition coefficient (Wildman–Crippen LogP) is 1.96. The molecule has 0 saturated heterocycles. The molecule has 0 aliphatic heterocycles. The van der Waals surface area contributed by atoms with Crippen molar-refractivity contribution in [3.63, 3.8) is 0 Å². The molecular weight excluding hydrogens is 368 g/mol. The number of nitrogens with zero attached hydrogens (tertiary/aromatic N) is 6. The Balaban J connectivity index is 1.75. The van der Waals surface area contributed by atoms with Gasteiger partial charge in [0, 0.05) is 26.8 Å². The average Bonchev–Trinajstić information content (AvgIpc) is 3.17. The molecule has 0 fully saturated rings. The maximum atomic E-state index is 11.7. The van der Waals surface area contributed by atoms with E-state index in [4.69, 9.17) is 5.73 Å². The van der Waals surface area contributed by atoms with Crippen molar-refractivity contribution < 1.29 is 4.79 Å². The molecule has 0 aliphatic carbocycles. The summed E-state index contributed by atoms with van der Waals surface area (Å²) in [4.78, 5) is 31.4. The Morgan fingerprint density at radius 3 is 2.62 bits per heavy atom. The van der Waals surface area contributed by atoms with Crippen LogP contribution in [0, 0.1) is 0 Å². The zero-order valence-corrected chi connectivity index (χ0v) is 16.1. The zero-order valence-electron chi connectivity index (χ0n) is 16.1. The van der Waals surface area contributed by atoms with Gasteiger partial charge in [-0.1, -0.05) is 30.3 Å². The molecule has 1 aromatic carbocycles. The Morgan fingerprint density at radius 1 is 1.10 bits per heavy atom. The smallest absolute Gasteiger partial charge is 0.250 e. The Kier molecular flexibility index (Phi) is 4.78. The van der Waals surface area contributed by atoms with Gasteiger partial charge >= 0.3 is 0 Å². The molecule has 3 heterocycles. The van der Waals surface area contributed by atoms with Crippen molar-refractivity contribution in [3.05, 3.63) is 66.0 Å². The van der Waals surface area contributed by atoms with E-state index in [0.29, 0.717) is 41.2 Å². The number of anilines is 2. The molecule has 1 amide bonds. The van der Waals surface area contributed by atoms with E-state index < -0.39 is 5.91 Å². The van der Waals surface area contributed by atoms with Gasteiger partial charge < -0.3 is 16.0 Å². The summed E-state index contributed by atoms with van der Waals surface area (Å²) in [6, 6.07) is 13.4. The monoisotopic (exact) mass is 388 g/mol. The van der Waals surface area contributed by atoms with Gasteiger partial charge in [-0.2, -0.15) is 15.0 Å². The summed E-state index contributed by atoms with van der Waals surface area (Å²) in [7, 11) is 3.71. The van der Waals surface area contributed by atoms with Gasteiger partial charge in [0.2, 0.25) is 17.7 Å². The Bertz CT molecular complexity index is 1170. The van der Waals surface area contributed by atoms with E-state index in [-0.39, 0.29) is 0 Å². The number of aromatic nitrogens is 5. The van der Waals surface area contributed by atoms with Crippen molar-refractivity contribution in [1.29, 1.82) is 0 Å². The summed E-state index contributed by atoms with van der Waals surface area (Å²) in [6.45, 7) is 0.575. The van der Waals surface area contributed by atoms with Gasteiger partial charge in [0.15, 0.2) is 5.82 Å². The van der Waals surface area contributed by atoms with Gasteiger partial charge in [0.05, 0.1) is 17.3 Å². The van der Waals surface area contributed by atoms with Crippen molar-refractivity contribution in [2.75, 3.05) is 24.3 Å². The maximum absolute atomic E-state index is 11.7. The summed E-state index contributed by atoms with van der Waals surface area (Å²) in [6.07, 6.45) is 3.38. The first-order chi connectivity index (χ1) is 14.0. The lowest BCUT2D eigenvalue weighted by Gasteiger charge is -2.13. The topological polar surface area (TPSA) is 114 Å². The normalized spacial score (nSPS) is 10.8. The lowest BCUT2D eigenvalue weighted by atomic mass is 10.2. The van der Waals surface area contributed by atoms with Gasteiger partial charge in [-0.25, -0.2) is 4.98 Å². The van der Waals surface area contributed by atoms with Crippen molar-refractivity contribution in [3.8, 4) is 11.6 Å². The minimum atomic E-state index is -0.517. The van der Waals surface area contributed by atoms with Crippen LogP contribution >= 0.6 is 0 Å². The SMILES string of the molecule is CN(C)c1nc(NCc2ccccc2)nc(-c2ncc3c(C(N)=O)cccn23)n1. The summed E-state index contributed by atoms with van der Waals surface area (Å²) in [5, 5.41) is 3.24. The minimum absolute atomic E-state index is 0.385. The third kappa shape index (κ3) is 3.70. The molecule has 9 heteroatoms. The standard InChI is InChI=1S/C20H20N8O/c1-27(2)20-25-17(24-19(26-20)23-11-13-7-4-3-5-8-13)18-22-12-15-14(16(21)29)9-6-10-28(15)18/h3-10,12H,11H2,1-2H3,(H2,21,29)(H,23,24,25,26). The minimum Gasteiger partial charge on any atom is -0.366 e. The molecule has 0 atom stereocenters. The first kappa shape index (κ1) is 18.4. The number of pyridine rings is 1. The van der Waals surface area contributed by atoms with E-state index in [0.717, 1.165) is 5.56 Å². The van der Waals surface area contributed by atoms with Crippen LogP contribution in [-0.2, 0) is 6.54 Å². The molecule has 0 aliphatic rings. The van der Waals surface area contributed by atoms with Gasteiger partial charge in [-0.3, -0.25) is 9.20 Å². The number of benzene rings is 1. The largest absolute Gasteiger partial charge is 0.366 e. The molecular formula is C20H20N8O. The van der Waals surface area contributed by atoms with Crippen LogP contribution in [0.2, 0.25) is 0 Å². The first-order valence-corrected chi connectivity index (χ1v) is 9.00. The number of imidazole rings is 1. The molecule has 9 nitrogen and oxygen atoms in total. The van der Waals surface area contributed by atoms with Crippen LogP contribution in [0.15, 0.2) is 54.9 Å². The molecule has 0 spiro atoms. The second-order valence-corrected chi connectivity index (χ2v) is 6.64. The van der Waals surface area contributed by atoms with E-state index in [2.05, 4.69) is 25.3 Å². The fourth-order valence-electron chi connectivity index (χ4n) is 2.92. The molecule has 146 valence electrons. The van der Waals surface area contributed by atoms with Gasteiger partial charge in [0.25, 0.3) is 5.91 Å². The highest BCUT2D eigenvalue weighted by Gasteiger charge is 2.17. The predicted molar refractivity (Wildman–Crippen MR) is 111 cm³/mol. The highest BCUT2D eigenvalue weighted by atomic mass is 16.1. The van der Waals surface area contributed by atoms with E-state index >= 15 is 0 Å². The lowest BCUT2D eigenvalue weighted by molar-refractivity contribution is 0.100. The number of rotatable bonds is 6. The van der Waals surface area contributed by atoms with Gasteiger partial charge in [-0.05, 0) is 17.7 Å². The number of nitrogens with two attached hydrogens (primary N) is 1. The van der Waals surface area contributed by atoms with E-state index in [1.165, 1.54) is 0 Å². The summed E-state index contributed by atoms with van der Waals surface area (Å²) in [5.41, 5.74) is 7.56. The molecule has 0 saturated carbocycles. The highest BCUT2D eigenvalue weighted by molar-refractivity contribution is 5.99. The quantitative estimate of drug-likeness (QED) is 0.519. The fraction of sp³-hybridized carbons (Fsp3) is 0.150. The molecule has 4 rings (SSSR count). The van der Waals surface area contributed by atoms with Crippen LogP contribution in [0.25, 0.3) is 17.2 Å². The number of amides is 1. The number of nitrogens with one attached hydrogen (secondary N) is 1. The molecule has 29 heavy (non-hydrogen) atoms. The van der Waals surface area contributed by atoms with Crippen LogP contribution in [0.4, 0.5) is 11.9 Å². The lowest BCUT2D eigenvalue weighted by Crippen LogP contribution is -2.16. The first-order valence-electron chi connectivity index (χ1n) is 9.00. The third-order valence-electron chi connectivity index (χ3n) is 4.35. The number of hydrogen-bond acceptors (Lipinski definition) is 7. The van der Waals surface area contributed by atoms with E-state index in [1.807, 2.05) is 44.4 Å². The molecule has 0 radical (unpaired) electrons. The van der Waals surface area contributed by atoms with Crippen LogP contribution in [-0.4, -0.2) is 44.3 Å². The number of carbonyl (C=O) groups excluding carboxylic acids is 1. The Labute approximate surface area is 167 Å². The van der Waals surface area contributed by atoms with Crippen molar-refractivity contribution in [2.45, 2.75) is 6.54 Å². The van der Waals surface area contributed by atoms with Crippen LogP contribution in [0.1, 0.15) is 15.9 Å². The number of fused-ring (bicyclic) bond motifs is 1. The van der Waals surface area contributed by atoms with Crippen LogP contribution < -0.4 is 16.0 Å². The second-order valence-electron chi connectivity index (χ2n) is 6.64. The molecule has 4 aromatic rings. The Morgan fingerprint density at radius 2 is 1.90 bits per heavy atom. The van der Waals surface area contributed by atoms with Gasteiger partial charge in [0.1, 0.15) is 0 Å². The zero-order chi connectivity index (χ0) is 20.4. The summed E-state index contributed by atoms with van der Waals surface area (Å²) >= 11 is 0. The Hall–Kier alpha value is -4.01.